The van der Waals surface area contributed by atoms with Crippen LogP contribution in [0.4, 0.5) is 18.9 Å². The third-order valence-corrected chi connectivity index (χ3v) is 6.41. The van der Waals surface area contributed by atoms with Crippen LogP contribution in [0.25, 0.3) is 11.3 Å². The molecule has 0 aliphatic carbocycles. The lowest BCUT2D eigenvalue weighted by molar-refractivity contribution is -0.137. The minimum absolute atomic E-state index is 0.105. The number of likely N-dealkylation sites (tertiary alicyclic amines) is 1. The fraction of sp³-hybridized carbons (Fsp3) is 0.360. The maximum atomic E-state index is 13.1. The lowest BCUT2D eigenvalue weighted by atomic mass is 10.1. The van der Waals surface area contributed by atoms with Gasteiger partial charge in [0.2, 0.25) is 0 Å². The predicted octanol–water partition coefficient (Wildman–Crippen LogP) is 4.81. The molecule has 3 N–H and O–H groups in total. The van der Waals surface area contributed by atoms with Crippen LogP contribution in [-0.4, -0.2) is 52.9 Å². The number of piperidine rings is 1. The van der Waals surface area contributed by atoms with Crippen LogP contribution < -0.4 is 15.8 Å². The van der Waals surface area contributed by atoms with E-state index in [-0.39, 0.29) is 11.6 Å². The number of alkyl halides is 3. The highest BCUT2D eigenvalue weighted by atomic mass is 35.5. The summed E-state index contributed by atoms with van der Waals surface area (Å²) in [7, 11) is 1.73. The first-order valence-corrected chi connectivity index (χ1v) is 11.9. The van der Waals surface area contributed by atoms with Gasteiger partial charge in [-0.15, -0.1) is 0 Å². The monoisotopic (exact) mass is 521 g/mol. The van der Waals surface area contributed by atoms with Crippen molar-refractivity contribution in [1.82, 2.24) is 14.7 Å². The number of amides is 1. The standard InChI is InChI=1S/C25H27ClF3N5O2/c1-33-23(21(26)15-31-33)20-14-19(32-24(35)16-3-2-4-17(13-16)25(27,28)29)5-6-22(20)36-12-11-34-9-7-18(30)8-10-34/h2-6,13-15,18H,7-12,30H2,1H3,(H,32,35). The van der Waals surface area contributed by atoms with Crippen molar-refractivity contribution in [3.63, 3.8) is 0 Å². The van der Waals surface area contributed by atoms with Gasteiger partial charge in [-0.05, 0) is 62.3 Å². The Labute approximate surface area is 212 Å². The van der Waals surface area contributed by atoms with Gasteiger partial charge in [0.25, 0.3) is 5.91 Å². The summed E-state index contributed by atoms with van der Waals surface area (Å²) in [6.45, 7) is 3.02. The first-order valence-electron chi connectivity index (χ1n) is 11.5. The lowest BCUT2D eigenvalue weighted by Gasteiger charge is -2.29. The van der Waals surface area contributed by atoms with Crippen LogP contribution in [0.5, 0.6) is 5.75 Å². The number of benzene rings is 2. The minimum Gasteiger partial charge on any atom is -0.492 e. The number of aromatic nitrogens is 2. The summed E-state index contributed by atoms with van der Waals surface area (Å²) >= 11 is 6.38. The molecule has 1 aliphatic heterocycles. The molecule has 0 saturated carbocycles. The van der Waals surface area contributed by atoms with Crippen molar-refractivity contribution in [3.05, 3.63) is 64.8 Å². The molecule has 36 heavy (non-hydrogen) atoms. The van der Waals surface area contributed by atoms with Gasteiger partial charge in [0, 0.05) is 36.4 Å². The summed E-state index contributed by atoms with van der Waals surface area (Å²) in [5.74, 6) is -0.119. The summed E-state index contributed by atoms with van der Waals surface area (Å²) in [6.07, 6.45) is -1.13. The molecule has 4 rings (SSSR count). The molecule has 7 nitrogen and oxygen atoms in total. The molecule has 1 aromatic heterocycles. The molecule has 1 amide bonds. The van der Waals surface area contributed by atoms with E-state index in [9.17, 15) is 18.0 Å². The fourth-order valence-corrected chi connectivity index (χ4v) is 4.40. The topological polar surface area (TPSA) is 85.4 Å². The van der Waals surface area contributed by atoms with Crippen LogP contribution in [0, 0.1) is 0 Å². The van der Waals surface area contributed by atoms with E-state index in [0.717, 1.165) is 44.6 Å². The van der Waals surface area contributed by atoms with E-state index >= 15 is 0 Å². The Morgan fingerprint density at radius 2 is 1.97 bits per heavy atom. The van der Waals surface area contributed by atoms with Gasteiger partial charge in [0.15, 0.2) is 0 Å². The van der Waals surface area contributed by atoms with Gasteiger partial charge < -0.3 is 15.8 Å². The second-order valence-electron chi connectivity index (χ2n) is 8.74. The van der Waals surface area contributed by atoms with Crippen molar-refractivity contribution in [1.29, 1.82) is 0 Å². The van der Waals surface area contributed by atoms with E-state index < -0.39 is 17.6 Å². The van der Waals surface area contributed by atoms with Crippen molar-refractivity contribution < 1.29 is 22.7 Å². The molecule has 3 aromatic rings. The largest absolute Gasteiger partial charge is 0.492 e. The average molecular weight is 522 g/mol. The zero-order valence-corrected chi connectivity index (χ0v) is 20.4. The number of nitrogens with zero attached hydrogens (tertiary/aromatic N) is 3. The van der Waals surface area contributed by atoms with Gasteiger partial charge in [-0.1, -0.05) is 17.7 Å². The number of halogens is 4. The minimum atomic E-state index is -4.54. The Bertz CT molecular complexity index is 1200. The number of carbonyl (C=O) groups excluding carboxylic acids is 1. The molecule has 1 aliphatic rings. The number of hydrogen-bond acceptors (Lipinski definition) is 5. The summed E-state index contributed by atoms with van der Waals surface area (Å²) in [5.41, 5.74) is 6.54. The normalized spacial score (nSPS) is 15.2. The van der Waals surface area contributed by atoms with Crippen LogP contribution in [0.3, 0.4) is 0 Å². The van der Waals surface area contributed by atoms with E-state index in [1.165, 1.54) is 18.3 Å². The number of carbonyl (C=O) groups is 1. The molecular formula is C25H27ClF3N5O2. The highest BCUT2D eigenvalue weighted by Gasteiger charge is 2.31. The van der Waals surface area contributed by atoms with Gasteiger partial charge >= 0.3 is 6.18 Å². The highest BCUT2D eigenvalue weighted by Crippen LogP contribution is 2.37. The second kappa shape index (κ2) is 10.9. The Morgan fingerprint density at radius 3 is 2.64 bits per heavy atom. The number of aryl methyl sites for hydroxylation is 1. The number of hydrogen-bond donors (Lipinski definition) is 2. The number of nitrogens with one attached hydrogen (secondary N) is 1. The van der Waals surface area contributed by atoms with Gasteiger partial charge in [-0.25, -0.2) is 0 Å². The first kappa shape index (κ1) is 26.0. The highest BCUT2D eigenvalue weighted by molar-refractivity contribution is 6.33. The zero-order valence-electron chi connectivity index (χ0n) is 19.7. The van der Waals surface area contributed by atoms with E-state index in [4.69, 9.17) is 22.1 Å². The third kappa shape index (κ3) is 6.18. The molecule has 0 radical (unpaired) electrons. The van der Waals surface area contributed by atoms with Gasteiger partial charge in [0.05, 0.1) is 22.5 Å². The predicted molar refractivity (Wildman–Crippen MR) is 132 cm³/mol. The summed E-state index contributed by atoms with van der Waals surface area (Å²) in [5, 5.41) is 7.24. The molecule has 2 aromatic carbocycles. The molecule has 0 atom stereocenters. The molecule has 1 saturated heterocycles. The number of rotatable bonds is 7. The Balaban J connectivity index is 1.54. The molecule has 192 valence electrons. The van der Waals surface area contributed by atoms with E-state index in [0.29, 0.717) is 34.3 Å². The fourth-order valence-electron chi connectivity index (χ4n) is 4.13. The molecular weight excluding hydrogens is 495 g/mol. The lowest BCUT2D eigenvalue weighted by Crippen LogP contribution is -2.41. The summed E-state index contributed by atoms with van der Waals surface area (Å²) in [6, 6.07) is 9.52. The van der Waals surface area contributed by atoms with E-state index in [2.05, 4.69) is 15.3 Å². The van der Waals surface area contributed by atoms with Crippen molar-refractivity contribution in [3.8, 4) is 17.0 Å². The summed E-state index contributed by atoms with van der Waals surface area (Å²) in [4.78, 5) is 15.0. The van der Waals surface area contributed by atoms with Crippen LogP contribution >= 0.6 is 11.6 Å². The summed E-state index contributed by atoms with van der Waals surface area (Å²) < 4.78 is 46.8. The maximum absolute atomic E-state index is 13.1. The quantitative estimate of drug-likeness (QED) is 0.466. The Kier molecular flexibility index (Phi) is 7.87. The molecule has 11 heteroatoms. The van der Waals surface area contributed by atoms with Crippen LogP contribution in [0.15, 0.2) is 48.7 Å². The third-order valence-electron chi connectivity index (χ3n) is 6.14. The van der Waals surface area contributed by atoms with Crippen LogP contribution in [0.1, 0.15) is 28.8 Å². The SMILES string of the molecule is Cn1ncc(Cl)c1-c1cc(NC(=O)c2cccc(C(F)(F)F)c2)ccc1OCCN1CCC(N)CC1. The average Bonchev–Trinajstić information content (AvgIpc) is 3.18. The maximum Gasteiger partial charge on any atom is 0.416 e. The zero-order chi connectivity index (χ0) is 25.9. The van der Waals surface area contributed by atoms with Crippen molar-refractivity contribution in [2.75, 3.05) is 31.6 Å². The van der Waals surface area contributed by atoms with Gasteiger partial charge in [-0.2, -0.15) is 18.3 Å². The van der Waals surface area contributed by atoms with Crippen molar-refractivity contribution in [2.24, 2.45) is 12.8 Å². The van der Waals surface area contributed by atoms with E-state index in [1.54, 1.807) is 29.9 Å². The van der Waals surface area contributed by atoms with Crippen LogP contribution in [0.2, 0.25) is 5.02 Å². The number of anilines is 1. The molecule has 0 bridgehead atoms. The van der Waals surface area contributed by atoms with Crippen molar-refractivity contribution in [2.45, 2.75) is 25.1 Å². The van der Waals surface area contributed by atoms with E-state index in [1.807, 2.05) is 0 Å². The first-order chi connectivity index (χ1) is 17.1. The van der Waals surface area contributed by atoms with Gasteiger partial charge in [0.1, 0.15) is 12.4 Å². The molecule has 2 heterocycles. The Hall–Kier alpha value is -3.08. The Morgan fingerprint density at radius 1 is 1.22 bits per heavy atom. The van der Waals surface area contributed by atoms with Crippen molar-refractivity contribution >= 4 is 23.2 Å². The number of ether oxygens (including phenoxy) is 1. The molecule has 1 fully saturated rings. The molecule has 0 unspecified atom stereocenters. The van der Waals surface area contributed by atoms with Crippen LogP contribution in [-0.2, 0) is 13.2 Å². The second-order valence-corrected chi connectivity index (χ2v) is 9.14. The molecule has 0 spiro atoms. The number of nitrogens with two attached hydrogens (primary N) is 1. The smallest absolute Gasteiger partial charge is 0.416 e. The van der Waals surface area contributed by atoms with Gasteiger partial charge in [-0.3, -0.25) is 14.4 Å².